The van der Waals surface area contributed by atoms with Gasteiger partial charge in [-0.2, -0.15) is 13.2 Å². The van der Waals surface area contributed by atoms with E-state index < -0.39 is 23.2 Å². The average Bonchev–Trinajstić information content (AvgIpc) is 2.63. The van der Waals surface area contributed by atoms with Gasteiger partial charge in [-0.05, 0) is 36.4 Å². The van der Waals surface area contributed by atoms with Crippen LogP contribution in [0.25, 0.3) is 10.9 Å². The van der Waals surface area contributed by atoms with Crippen molar-refractivity contribution in [2.75, 3.05) is 16.9 Å². The minimum Gasteiger partial charge on any atom is -0.334 e. The number of aromatic nitrogens is 2. The zero-order chi connectivity index (χ0) is 19.6. The van der Waals surface area contributed by atoms with Crippen molar-refractivity contribution in [3.63, 3.8) is 0 Å². The van der Waals surface area contributed by atoms with Crippen molar-refractivity contribution in [2.45, 2.75) is 11.3 Å². The molecule has 1 heterocycles. The Morgan fingerprint density at radius 3 is 2.48 bits per heavy atom. The van der Waals surface area contributed by atoms with Gasteiger partial charge in [0.2, 0.25) is 5.91 Å². The number of carbonyl (C=O) groups is 1. The van der Waals surface area contributed by atoms with Crippen LogP contribution in [0.4, 0.5) is 18.9 Å². The number of nitrogens with zero attached hydrogens (tertiary/aromatic N) is 2. The maximum Gasteiger partial charge on any atom is 0.416 e. The largest absolute Gasteiger partial charge is 0.416 e. The first-order valence-corrected chi connectivity index (χ1v) is 8.61. The predicted molar refractivity (Wildman–Crippen MR) is 97.0 cm³/mol. The van der Waals surface area contributed by atoms with Gasteiger partial charge in [0.05, 0.1) is 22.2 Å². The highest BCUT2D eigenvalue weighted by atomic mass is 32.2. The zero-order valence-electron chi connectivity index (χ0n) is 13.7. The van der Waals surface area contributed by atoms with Crippen LogP contribution in [-0.2, 0) is 11.0 Å². The number of para-hydroxylation sites is 1. The molecule has 0 bridgehead atoms. The number of carbonyl (C=O) groups excluding carboxylic acids is 1. The molecule has 0 atom stereocenters. The molecule has 27 heavy (non-hydrogen) atoms. The number of rotatable bonds is 4. The van der Waals surface area contributed by atoms with Gasteiger partial charge in [0.15, 0.2) is 5.16 Å². The van der Waals surface area contributed by atoms with E-state index in [1.807, 2.05) is 0 Å². The molecule has 10 heteroatoms. The summed E-state index contributed by atoms with van der Waals surface area (Å²) < 4.78 is 38.5. The average molecular weight is 394 g/mol. The summed E-state index contributed by atoms with van der Waals surface area (Å²) >= 11 is 0.946. The number of halogens is 3. The second-order valence-electron chi connectivity index (χ2n) is 5.50. The third-order valence-electron chi connectivity index (χ3n) is 3.60. The van der Waals surface area contributed by atoms with Crippen molar-refractivity contribution in [3.05, 3.63) is 64.4 Å². The van der Waals surface area contributed by atoms with E-state index in [0.29, 0.717) is 10.9 Å². The van der Waals surface area contributed by atoms with Crippen LogP contribution < -0.4 is 16.7 Å². The summed E-state index contributed by atoms with van der Waals surface area (Å²) in [6, 6.07) is 10.8. The van der Waals surface area contributed by atoms with Crippen molar-refractivity contribution in [2.24, 2.45) is 0 Å². The first kappa shape index (κ1) is 18.8. The molecule has 0 unspecified atom stereocenters. The summed E-state index contributed by atoms with van der Waals surface area (Å²) in [4.78, 5) is 28.5. The second kappa shape index (κ2) is 7.31. The molecule has 3 N–H and O–H groups in total. The summed E-state index contributed by atoms with van der Waals surface area (Å²) in [5.41, 5.74) is -0.561. The number of nitrogens with one attached hydrogen (secondary N) is 1. The fourth-order valence-electron chi connectivity index (χ4n) is 2.30. The van der Waals surface area contributed by atoms with E-state index >= 15 is 0 Å². The molecule has 0 spiro atoms. The molecular weight excluding hydrogens is 381 g/mol. The first-order valence-electron chi connectivity index (χ1n) is 7.62. The SMILES string of the molecule is Nn1c(SCC(=O)Nc2ccc(C(F)(F)F)cc2)nc2ccccc2c1=O. The molecule has 0 aliphatic heterocycles. The van der Waals surface area contributed by atoms with E-state index in [1.165, 1.54) is 12.1 Å². The molecule has 1 aromatic heterocycles. The fraction of sp³-hybridized carbons (Fsp3) is 0.118. The lowest BCUT2D eigenvalue weighted by atomic mass is 10.2. The van der Waals surface area contributed by atoms with E-state index in [4.69, 9.17) is 5.84 Å². The van der Waals surface area contributed by atoms with Gasteiger partial charge in [0.25, 0.3) is 5.56 Å². The zero-order valence-corrected chi connectivity index (χ0v) is 14.5. The second-order valence-corrected chi connectivity index (χ2v) is 6.44. The number of thioether (sulfide) groups is 1. The summed E-state index contributed by atoms with van der Waals surface area (Å²) in [5.74, 6) is 5.14. The minimum absolute atomic E-state index is 0.122. The van der Waals surface area contributed by atoms with E-state index in [1.54, 1.807) is 24.3 Å². The van der Waals surface area contributed by atoms with Crippen LogP contribution in [0.15, 0.2) is 58.5 Å². The highest BCUT2D eigenvalue weighted by molar-refractivity contribution is 7.99. The number of hydrogen-bond donors (Lipinski definition) is 2. The molecule has 0 aliphatic carbocycles. The summed E-state index contributed by atoms with van der Waals surface area (Å²) in [7, 11) is 0. The lowest BCUT2D eigenvalue weighted by Gasteiger charge is -2.10. The van der Waals surface area contributed by atoms with E-state index in [0.717, 1.165) is 28.6 Å². The number of nitrogen functional groups attached to an aromatic ring is 1. The molecule has 140 valence electrons. The third kappa shape index (κ3) is 4.22. The smallest absolute Gasteiger partial charge is 0.334 e. The molecule has 6 nitrogen and oxygen atoms in total. The highest BCUT2D eigenvalue weighted by Gasteiger charge is 2.30. The number of amides is 1. The Morgan fingerprint density at radius 1 is 1.15 bits per heavy atom. The lowest BCUT2D eigenvalue weighted by molar-refractivity contribution is -0.137. The topological polar surface area (TPSA) is 90.0 Å². The quantitative estimate of drug-likeness (QED) is 0.404. The Hall–Kier alpha value is -3.01. The Kier molecular flexibility index (Phi) is 5.08. The fourth-order valence-corrected chi connectivity index (χ4v) is 3.01. The maximum atomic E-state index is 12.5. The Bertz CT molecular complexity index is 1050. The molecule has 3 aromatic rings. The number of alkyl halides is 3. The maximum absolute atomic E-state index is 12.5. The van der Waals surface area contributed by atoms with Gasteiger partial charge in [-0.1, -0.05) is 23.9 Å². The molecule has 0 fully saturated rings. The van der Waals surface area contributed by atoms with Gasteiger partial charge < -0.3 is 11.2 Å². The van der Waals surface area contributed by atoms with Crippen LogP contribution in [0.2, 0.25) is 0 Å². The lowest BCUT2D eigenvalue weighted by Crippen LogP contribution is -2.30. The number of hydrogen-bond acceptors (Lipinski definition) is 5. The molecule has 2 aromatic carbocycles. The van der Waals surface area contributed by atoms with Crippen molar-refractivity contribution in [1.29, 1.82) is 0 Å². The van der Waals surface area contributed by atoms with Crippen molar-refractivity contribution in [1.82, 2.24) is 9.66 Å². The summed E-state index contributed by atoms with van der Waals surface area (Å²) in [6.45, 7) is 0. The van der Waals surface area contributed by atoms with Gasteiger partial charge in [-0.15, -0.1) is 0 Å². The van der Waals surface area contributed by atoms with Gasteiger partial charge in [0, 0.05) is 5.69 Å². The van der Waals surface area contributed by atoms with Gasteiger partial charge in [-0.3, -0.25) is 9.59 Å². The van der Waals surface area contributed by atoms with E-state index in [-0.39, 0.29) is 16.6 Å². The molecule has 0 radical (unpaired) electrons. The van der Waals surface area contributed by atoms with Crippen molar-refractivity contribution >= 4 is 34.3 Å². The molecule has 1 amide bonds. The number of anilines is 1. The number of benzene rings is 2. The van der Waals surface area contributed by atoms with Crippen LogP contribution >= 0.6 is 11.8 Å². The van der Waals surface area contributed by atoms with Gasteiger partial charge in [-0.25, -0.2) is 9.66 Å². The molecule has 0 saturated carbocycles. The van der Waals surface area contributed by atoms with Gasteiger partial charge in [0.1, 0.15) is 0 Å². The van der Waals surface area contributed by atoms with Crippen LogP contribution in [0, 0.1) is 0 Å². The minimum atomic E-state index is -4.44. The molecule has 3 rings (SSSR count). The van der Waals surface area contributed by atoms with E-state index in [9.17, 15) is 22.8 Å². The Balaban J connectivity index is 1.68. The van der Waals surface area contributed by atoms with Crippen molar-refractivity contribution < 1.29 is 18.0 Å². The molecule has 0 saturated heterocycles. The first-order chi connectivity index (χ1) is 12.8. The monoisotopic (exact) mass is 394 g/mol. The van der Waals surface area contributed by atoms with Crippen LogP contribution in [0.5, 0.6) is 0 Å². The predicted octanol–water partition coefficient (Wildman–Crippen LogP) is 2.86. The summed E-state index contributed by atoms with van der Waals surface area (Å²) in [5, 5.41) is 2.99. The number of nitrogens with two attached hydrogens (primary N) is 1. The Morgan fingerprint density at radius 2 is 1.81 bits per heavy atom. The van der Waals surface area contributed by atoms with E-state index in [2.05, 4.69) is 10.3 Å². The van der Waals surface area contributed by atoms with Crippen molar-refractivity contribution in [3.8, 4) is 0 Å². The standard InChI is InChI=1S/C17H13F3N4O2S/c18-17(19,20)10-5-7-11(8-6-10)22-14(25)9-27-16-23-13-4-2-1-3-12(13)15(26)24(16)21/h1-8H,9,21H2,(H,22,25). The van der Waals surface area contributed by atoms with Crippen LogP contribution in [-0.4, -0.2) is 21.3 Å². The highest BCUT2D eigenvalue weighted by Crippen LogP contribution is 2.29. The normalized spacial score (nSPS) is 11.5. The van der Waals surface area contributed by atoms with Crippen LogP contribution in [0.1, 0.15) is 5.56 Å². The molecule has 0 aliphatic rings. The molecular formula is C17H13F3N4O2S. The van der Waals surface area contributed by atoms with Crippen LogP contribution in [0.3, 0.4) is 0 Å². The summed E-state index contributed by atoms with van der Waals surface area (Å²) in [6.07, 6.45) is -4.44. The third-order valence-corrected chi connectivity index (χ3v) is 4.56. The van der Waals surface area contributed by atoms with Gasteiger partial charge >= 0.3 is 6.18 Å². The number of fused-ring (bicyclic) bond motifs is 1. The Labute approximate surface area is 155 Å².